The summed E-state index contributed by atoms with van der Waals surface area (Å²) >= 11 is 0. The number of hydrogen-bond acceptors (Lipinski definition) is 1. The van der Waals surface area contributed by atoms with Crippen LogP contribution in [0.1, 0.15) is 115 Å². The maximum atomic E-state index is 2.65. The van der Waals surface area contributed by atoms with Crippen molar-refractivity contribution in [3.63, 3.8) is 0 Å². The van der Waals surface area contributed by atoms with Crippen LogP contribution in [0.4, 0.5) is 17.1 Å². The monoisotopic (exact) mass is 729 g/mol. The Kier molecular flexibility index (Phi) is 8.84. The number of benzene rings is 5. The Hall–Kier alpha value is -5.08. The standard InChI is InChI=1S/C54H56BN/c1-36-45-31-38(37-19-12-9-13-20-37)27-29-47(45)55-48-30-28-42(53(5,6)7)34-49(48)56(44-26-18-25-41(32-44)52(2,3)4)50-35-43(33-46(36)51(50)55)54(8,39-21-14-10-15-22-39)40-23-16-11-17-24-40/h9-10,12-14,16,18-21,23-36H,11,15,17,22H2,1-8H3. The van der Waals surface area contributed by atoms with Crippen molar-refractivity contribution in [2.24, 2.45) is 0 Å². The SMILES string of the molecule is CC1c2cc(-c3ccccc3)ccc2B2c3ccc(C(C)(C)C)cc3N(c3cccc(C(C)(C)C)c3)c3cc(C(C)(C4=CCCC=C4)C4=CC=CCC4)cc1c32. The van der Waals surface area contributed by atoms with E-state index in [1.807, 2.05) is 0 Å². The molecule has 5 aromatic carbocycles. The fourth-order valence-corrected chi connectivity index (χ4v) is 9.98. The molecule has 280 valence electrons. The summed E-state index contributed by atoms with van der Waals surface area (Å²) in [6.45, 7) is 19.1. The zero-order chi connectivity index (χ0) is 39.0. The Labute approximate surface area is 336 Å². The van der Waals surface area contributed by atoms with E-state index in [-0.39, 0.29) is 28.9 Å². The third-order valence-electron chi connectivity index (χ3n) is 13.4. The van der Waals surface area contributed by atoms with Crippen LogP contribution in [0.15, 0.2) is 151 Å². The maximum absolute atomic E-state index is 2.65. The first-order chi connectivity index (χ1) is 26.8. The van der Waals surface area contributed by atoms with E-state index in [1.54, 1.807) is 0 Å². The van der Waals surface area contributed by atoms with Crippen LogP contribution in [0, 0.1) is 0 Å². The molecule has 5 aromatic rings. The lowest BCUT2D eigenvalue weighted by Gasteiger charge is -2.45. The van der Waals surface area contributed by atoms with E-state index in [2.05, 4.69) is 200 Å². The lowest BCUT2D eigenvalue weighted by molar-refractivity contribution is 0.590. The molecular formula is C54H56BN. The largest absolute Gasteiger partial charge is 0.311 e. The van der Waals surface area contributed by atoms with Crippen LogP contribution in [0.25, 0.3) is 11.1 Å². The number of rotatable bonds is 5. The predicted octanol–water partition coefficient (Wildman–Crippen LogP) is 12.5. The molecule has 0 N–H and O–H groups in total. The first-order valence-electron chi connectivity index (χ1n) is 21.0. The molecule has 0 aromatic heterocycles. The van der Waals surface area contributed by atoms with Gasteiger partial charge in [-0.2, -0.15) is 0 Å². The van der Waals surface area contributed by atoms with Gasteiger partial charge in [-0.1, -0.05) is 175 Å². The minimum absolute atomic E-state index is 0.00412. The van der Waals surface area contributed by atoms with Gasteiger partial charge >= 0.3 is 0 Å². The minimum atomic E-state index is -0.263. The lowest BCUT2D eigenvalue weighted by atomic mass is 9.31. The highest BCUT2D eigenvalue weighted by molar-refractivity contribution is 6.99. The van der Waals surface area contributed by atoms with Crippen molar-refractivity contribution < 1.29 is 0 Å². The summed E-state index contributed by atoms with van der Waals surface area (Å²) < 4.78 is 0. The molecule has 0 radical (unpaired) electrons. The second kappa shape index (κ2) is 13.5. The average molecular weight is 730 g/mol. The number of anilines is 3. The molecular weight excluding hydrogens is 673 g/mol. The third-order valence-corrected chi connectivity index (χ3v) is 13.4. The molecule has 0 amide bonds. The van der Waals surface area contributed by atoms with Crippen LogP contribution in [0.5, 0.6) is 0 Å². The molecule has 2 heterocycles. The summed E-state index contributed by atoms with van der Waals surface area (Å²) in [7, 11) is 0. The molecule has 0 saturated heterocycles. The number of fused-ring (bicyclic) bond motifs is 4. The molecule has 2 atom stereocenters. The summed E-state index contributed by atoms with van der Waals surface area (Å²) in [6, 6.07) is 40.3. The van der Waals surface area contributed by atoms with Gasteiger partial charge in [-0.05, 0) is 123 Å². The van der Waals surface area contributed by atoms with E-state index in [0.29, 0.717) is 0 Å². The summed E-state index contributed by atoms with van der Waals surface area (Å²) in [6.07, 6.45) is 18.7. The zero-order valence-corrected chi connectivity index (χ0v) is 34.7. The van der Waals surface area contributed by atoms with Crippen LogP contribution >= 0.6 is 0 Å². The van der Waals surface area contributed by atoms with Crippen LogP contribution in [-0.4, -0.2) is 6.71 Å². The fourth-order valence-electron chi connectivity index (χ4n) is 9.98. The average Bonchev–Trinajstić information content (AvgIpc) is 3.21. The van der Waals surface area contributed by atoms with Crippen molar-refractivity contribution in [1.82, 2.24) is 0 Å². The second-order valence-corrected chi connectivity index (χ2v) is 18.9. The molecule has 0 saturated carbocycles. The van der Waals surface area contributed by atoms with E-state index < -0.39 is 0 Å². The first-order valence-corrected chi connectivity index (χ1v) is 21.0. The molecule has 2 aliphatic heterocycles. The van der Waals surface area contributed by atoms with Crippen molar-refractivity contribution in [1.29, 1.82) is 0 Å². The maximum Gasteiger partial charge on any atom is 0.247 e. The van der Waals surface area contributed by atoms with Crippen LogP contribution in [0.2, 0.25) is 0 Å². The fraction of sp³-hybridized carbons (Fsp3) is 0.296. The van der Waals surface area contributed by atoms with Crippen molar-refractivity contribution in [3.8, 4) is 11.1 Å². The Morgan fingerprint density at radius 1 is 0.607 bits per heavy atom. The van der Waals surface area contributed by atoms with E-state index in [9.17, 15) is 0 Å². The topological polar surface area (TPSA) is 3.24 Å². The molecule has 2 heteroatoms. The number of allylic oxidation sites excluding steroid dienone is 8. The van der Waals surface area contributed by atoms with Crippen molar-refractivity contribution in [2.45, 2.75) is 103 Å². The predicted molar refractivity (Wildman–Crippen MR) is 243 cm³/mol. The molecule has 1 nitrogen and oxygen atoms in total. The Balaban J connectivity index is 1.38. The lowest BCUT2D eigenvalue weighted by Crippen LogP contribution is -2.62. The van der Waals surface area contributed by atoms with Gasteiger partial charge in [0.05, 0.1) is 0 Å². The van der Waals surface area contributed by atoms with Gasteiger partial charge in [0.2, 0.25) is 6.71 Å². The van der Waals surface area contributed by atoms with Gasteiger partial charge in [-0.3, -0.25) is 0 Å². The van der Waals surface area contributed by atoms with Crippen LogP contribution in [0.3, 0.4) is 0 Å². The summed E-state index contributed by atoms with van der Waals surface area (Å²) in [5.41, 5.74) is 20.4. The van der Waals surface area contributed by atoms with Gasteiger partial charge in [-0.25, -0.2) is 0 Å². The van der Waals surface area contributed by atoms with E-state index in [1.165, 1.54) is 83.5 Å². The van der Waals surface area contributed by atoms with Crippen molar-refractivity contribution in [2.75, 3.05) is 4.90 Å². The zero-order valence-electron chi connectivity index (χ0n) is 34.7. The normalized spacial score (nSPS) is 18.4. The smallest absolute Gasteiger partial charge is 0.247 e. The summed E-state index contributed by atoms with van der Waals surface area (Å²) in [5.74, 6) is 0.220. The van der Waals surface area contributed by atoms with Gasteiger partial charge in [0.1, 0.15) is 0 Å². The van der Waals surface area contributed by atoms with Gasteiger partial charge < -0.3 is 4.90 Å². The molecule has 4 aliphatic rings. The highest BCUT2D eigenvalue weighted by Gasteiger charge is 2.45. The first kappa shape index (κ1) is 36.6. The third kappa shape index (κ3) is 5.99. The molecule has 0 spiro atoms. The van der Waals surface area contributed by atoms with Gasteiger partial charge in [0.15, 0.2) is 0 Å². The molecule has 0 bridgehead atoms. The van der Waals surface area contributed by atoms with Crippen LogP contribution in [-0.2, 0) is 16.2 Å². The summed E-state index contributed by atoms with van der Waals surface area (Å²) in [5, 5.41) is 0. The van der Waals surface area contributed by atoms with E-state index >= 15 is 0 Å². The van der Waals surface area contributed by atoms with E-state index in [0.717, 1.165) is 25.7 Å². The quantitative estimate of drug-likeness (QED) is 0.160. The highest BCUT2D eigenvalue weighted by atomic mass is 15.2. The minimum Gasteiger partial charge on any atom is -0.311 e. The molecule has 2 aliphatic carbocycles. The molecule has 9 rings (SSSR count). The molecule has 56 heavy (non-hydrogen) atoms. The second-order valence-electron chi connectivity index (χ2n) is 18.9. The Bertz CT molecular complexity index is 2480. The number of hydrogen-bond donors (Lipinski definition) is 0. The number of nitrogens with zero attached hydrogens (tertiary/aromatic N) is 1. The van der Waals surface area contributed by atoms with Gasteiger partial charge in [-0.15, -0.1) is 0 Å². The highest BCUT2D eigenvalue weighted by Crippen LogP contribution is 2.49. The van der Waals surface area contributed by atoms with Gasteiger partial charge in [0.25, 0.3) is 0 Å². The molecule has 0 fully saturated rings. The van der Waals surface area contributed by atoms with Crippen LogP contribution < -0.4 is 21.3 Å². The molecule has 2 unspecified atom stereocenters. The Morgan fingerprint density at radius 3 is 2.07 bits per heavy atom. The van der Waals surface area contributed by atoms with Crippen molar-refractivity contribution in [3.05, 3.63) is 179 Å². The van der Waals surface area contributed by atoms with E-state index in [4.69, 9.17) is 0 Å². The Morgan fingerprint density at radius 2 is 1.36 bits per heavy atom. The summed E-state index contributed by atoms with van der Waals surface area (Å²) in [4.78, 5) is 2.65. The van der Waals surface area contributed by atoms with Crippen molar-refractivity contribution >= 4 is 40.2 Å². The van der Waals surface area contributed by atoms with Gasteiger partial charge in [0, 0.05) is 28.4 Å².